The average molecular weight is 462 g/mol. The van der Waals surface area contributed by atoms with E-state index in [1.54, 1.807) is 18.2 Å². The van der Waals surface area contributed by atoms with Crippen LogP contribution in [-0.4, -0.2) is 43.7 Å². The molecule has 0 spiro atoms. The lowest BCUT2D eigenvalue weighted by Crippen LogP contribution is -2.12. The van der Waals surface area contributed by atoms with Crippen LogP contribution in [0.1, 0.15) is 11.3 Å². The largest absolute Gasteiger partial charge is 0.497 e. The summed E-state index contributed by atoms with van der Waals surface area (Å²) < 4.78 is 40.9. The molecule has 0 bridgehead atoms. The number of furan rings is 1. The van der Waals surface area contributed by atoms with Crippen LogP contribution in [0.15, 0.2) is 50.9 Å². The van der Waals surface area contributed by atoms with Gasteiger partial charge in [-0.25, -0.2) is 18.8 Å². The molecule has 13 nitrogen and oxygen atoms in total. The van der Waals surface area contributed by atoms with Crippen LogP contribution >= 0.6 is 0 Å². The van der Waals surface area contributed by atoms with Crippen LogP contribution in [0.5, 0.6) is 11.5 Å². The van der Waals surface area contributed by atoms with Gasteiger partial charge in [0.25, 0.3) is 0 Å². The predicted octanol–water partition coefficient (Wildman–Crippen LogP) is 2.00. The van der Waals surface area contributed by atoms with Crippen molar-refractivity contribution in [1.82, 2.24) is 9.97 Å². The molecular weight excluding hydrogens is 444 g/mol. The Labute approximate surface area is 181 Å². The minimum absolute atomic E-state index is 0.0826. The number of hydrogen-bond acceptors (Lipinski definition) is 12. The second-order valence-electron chi connectivity index (χ2n) is 6.18. The zero-order valence-corrected chi connectivity index (χ0v) is 17.7. The van der Waals surface area contributed by atoms with Crippen LogP contribution in [-0.2, 0) is 15.6 Å². The van der Waals surface area contributed by atoms with Crippen LogP contribution in [0.3, 0.4) is 0 Å². The number of methoxy groups -OCH3 is 2. The third kappa shape index (κ3) is 5.10. The number of ether oxygens (including phenoxy) is 2. The van der Waals surface area contributed by atoms with Crippen LogP contribution in [0.25, 0.3) is 0 Å². The Balaban J connectivity index is 1.75. The molecule has 0 radical (unpaired) electrons. The van der Waals surface area contributed by atoms with E-state index < -0.39 is 26.4 Å². The first kappa shape index (κ1) is 22.5. The molecule has 0 aliphatic carbocycles. The topological polar surface area (TPSA) is 185 Å². The molecule has 2 heterocycles. The molecule has 1 aromatic carbocycles. The Hall–Kier alpha value is -4.20. The van der Waals surface area contributed by atoms with Crippen LogP contribution in [0.4, 0.5) is 17.7 Å². The number of hydrazone groups is 1. The highest BCUT2D eigenvalue weighted by Gasteiger charge is 2.23. The fraction of sp³-hybridized carbons (Fsp3) is 0.167. The van der Waals surface area contributed by atoms with Crippen molar-refractivity contribution in [3.63, 3.8) is 0 Å². The molecule has 2 aromatic heterocycles. The molecule has 3 aromatic rings. The van der Waals surface area contributed by atoms with Crippen molar-refractivity contribution in [3.8, 4) is 11.5 Å². The van der Waals surface area contributed by atoms with Crippen LogP contribution in [0, 0.1) is 10.1 Å². The van der Waals surface area contributed by atoms with E-state index in [0.717, 1.165) is 12.4 Å². The summed E-state index contributed by atoms with van der Waals surface area (Å²) in [6.45, 7) is 0. The second kappa shape index (κ2) is 9.30. The maximum atomic E-state index is 12.8. The summed E-state index contributed by atoms with van der Waals surface area (Å²) in [5, 5.41) is 14.4. The number of nitrogens with zero attached hydrogens (tertiary/aromatic N) is 4. The van der Waals surface area contributed by atoms with Gasteiger partial charge in [0, 0.05) is 11.6 Å². The lowest BCUT2D eigenvalue weighted by molar-refractivity contribution is -0.402. The van der Waals surface area contributed by atoms with Gasteiger partial charge >= 0.3 is 5.88 Å². The van der Waals surface area contributed by atoms with E-state index in [1.807, 2.05) is 0 Å². The zero-order valence-electron chi connectivity index (χ0n) is 16.9. The van der Waals surface area contributed by atoms with Gasteiger partial charge in [-0.1, -0.05) is 6.07 Å². The summed E-state index contributed by atoms with van der Waals surface area (Å²) in [6, 6.07) is 7.29. The summed E-state index contributed by atoms with van der Waals surface area (Å²) >= 11 is 0. The first-order valence-corrected chi connectivity index (χ1v) is 10.5. The van der Waals surface area contributed by atoms with Gasteiger partial charge in [-0.2, -0.15) is 10.1 Å². The van der Waals surface area contributed by atoms with E-state index in [0.29, 0.717) is 17.1 Å². The number of hydrogen-bond donors (Lipinski definition) is 2. The average Bonchev–Trinajstić information content (AvgIpc) is 3.23. The Morgan fingerprint density at radius 3 is 2.69 bits per heavy atom. The SMILES string of the molecule is COc1ccc(CS(=O)(=O)c2cnc(NN=Cc3ccc([N+](=O)[O-])o3)nc2N)c(OC)c1. The molecule has 0 fully saturated rings. The molecule has 0 amide bonds. The molecule has 0 saturated carbocycles. The number of nitrogens with one attached hydrogen (secondary N) is 1. The number of benzene rings is 1. The normalized spacial score (nSPS) is 11.4. The molecule has 0 unspecified atom stereocenters. The van der Waals surface area contributed by atoms with Crippen molar-refractivity contribution < 1.29 is 27.2 Å². The Morgan fingerprint density at radius 2 is 2.06 bits per heavy atom. The summed E-state index contributed by atoms with van der Waals surface area (Å²) in [4.78, 5) is 17.4. The Kier molecular flexibility index (Phi) is 6.53. The quantitative estimate of drug-likeness (QED) is 0.269. The monoisotopic (exact) mass is 462 g/mol. The molecule has 0 saturated heterocycles. The highest BCUT2D eigenvalue weighted by molar-refractivity contribution is 7.90. The van der Waals surface area contributed by atoms with E-state index in [2.05, 4.69) is 20.5 Å². The summed E-state index contributed by atoms with van der Waals surface area (Å²) in [5.74, 6) is -0.209. The van der Waals surface area contributed by atoms with Gasteiger partial charge in [-0.05, 0) is 12.1 Å². The minimum atomic E-state index is -3.90. The van der Waals surface area contributed by atoms with Crippen LogP contribution < -0.4 is 20.6 Å². The molecule has 3 N–H and O–H groups in total. The van der Waals surface area contributed by atoms with Gasteiger partial charge in [-0.15, -0.1) is 0 Å². The van der Waals surface area contributed by atoms with Crippen molar-refractivity contribution in [3.05, 3.63) is 58.0 Å². The number of nitrogen functional groups attached to an aromatic ring is 1. The van der Waals surface area contributed by atoms with Gasteiger partial charge < -0.3 is 19.6 Å². The molecule has 3 rings (SSSR count). The number of aromatic nitrogens is 2. The molecule has 0 atom stereocenters. The van der Waals surface area contributed by atoms with Crippen molar-refractivity contribution >= 4 is 33.7 Å². The standard InChI is InChI=1S/C18H18N6O7S/c1-29-12-4-3-11(14(7-12)30-2)10-32(27,28)15-9-20-18(22-17(15)19)23-21-8-13-5-6-16(31-13)24(25)26/h3-9H,10H2,1-2H3,(H3,19,20,22,23). The first-order chi connectivity index (χ1) is 15.2. The maximum absolute atomic E-state index is 12.8. The molecule has 32 heavy (non-hydrogen) atoms. The smallest absolute Gasteiger partial charge is 0.433 e. The van der Waals surface area contributed by atoms with Crippen LogP contribution in [0.2, 0.25) is 0 Å². The van der Waals surface area contributed by atoms with Gasteiger partial charge in [-0.3, -0.25) is 10.1 Å². The number of rotatable bonds is 9. The second-order valence-corrected chi connectivity index (χ2v) is 8.14. The third-order valence-electron chi connectivity index (χ3n) is 4.11. The van der Waals surface area contributed by atoms with Gasteiger partial charge in [0.05, 0.1) is 38.5 Å². The highest BCUT2D eigenvalue weighted by Crippen LogP contribution is 2.29. The first-order valence-electron chi connectivity index (χ1n) is 8.83. The lowest BCUT2D eigenvalue weighted by Gasteiger charge is -2.12. The van der Waals surface area contributed by atoms with Gasteiger partial charge in [0.15, 0.2) is 15.6 Å². The van der Waals surface area contributed by atoms with Crippen molar-refractivity contribution in [1.29, 1.82) is 0 Å². The van der Waals surface area contributed by atoms with E-state index in [-0.39, 0.29) is 22.4 Å². The van der Waals surface area contributed by atoms with Crippen molar-refractivity contribution in [2.75, 3.05) is 25.4 Å². The fourth-order valence-corrected chi connectivity index (χ4v) is 3.98. The predicted molar refractivity (Wildman–Crippen MR) is 113 cm³/mol. The van der Waals surface area contributed by atoms with Crippen molar-refractivity contribution in [2.24, 2.45) is 5.10 Å². The summed E-state index contributed by atoms with van der Waals surface area (Å²) in [6.07, 6.45) is 2.22. The maximum Gasteiger partial charge on any atom is 0.433 e. The molecule has 14 heteroatoms. The summed E-state index contributed by atoms with van der Waals surface area (Å²) in [5.41, 5.74) is 8.68. The minimum Gasteiger partial charge on any atom is -0.497 e. The molecule has 168 valence electrons. The van der Waals surface area contributed by atoms with E-state index in [9.17, 15) is 18.5 Å². The number of nitro groups is 1. The van der Waals surface area contributed by atoms with Gasteiger partial charge in [0.2, 0.25) is 5.95 Å². The molecule has 0 aliphatic heterocycles. The number of sulfone groups is 1. The molecular formula is C18H18N6O7S. The lowest BCUT2D eigenvalue weighted by atomic mass is 10.2. The zero-order chi connectivity index (χ0) is 23.3. The Morgan fingerprint density at radius 1 is 1.28 bits per heavy atom. The number of anilines is 2. The van der Waals surface area contributed by atoms with E-state index in [4.69, 9.17) is 19.6 Å². The van der Waals surface area contributed by atoms with E-state index in [1.165, 1.54) is 26.4 Å². The van der Waals surface area contributed by atoms with Crippen molar-refractivity contribution in [2.45, 2.75) is 10.6 Å². The highest BCUT2D eigenvalue weighted by atomic mass is 32.2. The third-order valence-corrected chi connectivity index (χ3v) is 5.78. The fourth-order valence-electron chi connectivity index (χ4n) is 2.59. The Bertz CT molecular complexity index is 1270. The molecule has 0 aliphatic rings. The summed E-state index contributed by atoms with van der Waals surface area (Å²) in [7, 11) is -0.989. The van der Waals surface area contributed by atoms with Gasteiger partial charge in [0.1, 0.15) is 27.1 Å². The van der Waals surface area contributed by atoms with E-state index >= 15 is 0 Å². The number of nitrogens with two attached hydrogens (primary N) is 1.